The van der Waals surface area contributed by atoms with Gasteiger partial charge in [0, 0.05) is 12.8 Å². The van der Waals surface area contributed by atoms with Crippen LogP contribution >= 0.6 is 23.5 Å². The maximum absolute atomic E-state index is 10.7. The minimum Gasteiger partial charge on any atom is -0.481 e. The Kier molecular flexibility index (Phi) is 16.3. The van der Waals surface area contributed by atoms with Gasteiger partial charge in [-0.1, -0.05) is 0 Å². The highest BCUT2D eigenvalue weighted by Gasteiger charge is 2.19. The van der Waals surface area contributed by atoms with E-state index in [0.717, 1.165) is 11.5 Å². The van der Waals surface area contributed by atoms with E-state index < -0.39 is 23.8 Å². The number of hydrogen-bond acceptors (Lipinski definition) is 6. The number of carboxylic acids is 2. The Balaban J connectivity index is 0. The normalized spacial score (nSPS) is 12.5. The van der Waals surface area contributed by atoms with Gasteiger partial charge in [-0.3, -0.25) is 9.59 Å². The monoisotopic (exact) mass is 380 g/mol. The van der Waals surface area contributed by atoms with E-state index in [1.54, 1.807) is 23.5 Å². The number of rotatable bonds is 12. The number of carboxylic acid groups (broad SMARTS) is 2. The molecule has 0 aliphatic rings. The van der Waals surface area contributed by atoms with Gasteiger partial charge in [-0.05, 0) is 50.7 Å². The van der Waals surface area contributed by atoms with Gasteiger partial charge in [0.15, 0.2) is 0 Å². The Morgan fingerprint density at radius 3 is 1.21 bits per heavy atom. The molecule has 8 heteroatoms. The van der Waals surface area contributed by atoms with Crippen LogP contribution in [0.2, 0.25) is 0 Å². The van der Waals surface area contributed by atoms with E-state index in [2.05, 4.69) is 0 Å². The van der Waals surface area contributed by atoms with Crippen molar-refractivity contribution in [3.8, 4) is 0 Å². The lowest BCUT2D eigenvalue weighted by Gasteiger charge is -2.08. The van der Waals surface area contributed by atoms with Crippen molar-refractivity contribution in [2.24, 2.45) is 11.8 Å². The van der Waals surface area contributed by atoms with E-state index >= 15 is 0 Å². The summed E-state index contributed by atoms with van der Waals surface area (Å²) in [6, 6.07) is 0. The summed E-state index contributed by atoms with van der Waals surface area (Å²) in [5, 5.41) is 17.4. The summed E-state index contributed by atoms with van der Waals surface area (Å²) in [5.74, 6) is -1.22. The van der Waals surface area contributed by atoms with Crippen LogP contribution in [0.25, 0.3) is 0 Å². The Morgan fingerprint density at radius 1 is 0.750 bits per heavy atom. The number of carbonyl (C=O) groups is 4. The molecule has 2 atom stereocenters. The molecule has 0 aromatic heterocycles. The van der Waals surface area contributed by atoms with Crippen LogP contribution in [0.3, 0.4) is 0 Å². The topological polar surface area (TPSA) is 109 Å². The van der Waals surface area contributed by atoms with Crippen LogP contribution in [0.1, 0.15) is 39.5 Å². The molecule has 0 aromatic rings. The highest BCUT2D eigenvalue weighted by Crippen LogP contribution is 2.13. The molecule has 0 rings (SSSR count). The molecule has 0 saturated carbocycles. The van der Waals surface area contributed by atoms with E-state index in [4.69, 9.17) is 10.2 Å². The second kappa shape index (κ2) is 15.5. The number of aliphatic carboxylic acids is 2. The zero-order valence-corrected chi connectivity index (χ0v) is 16.4. The molecule has 0 fully saturated rings. The van der Waals surface area contributed by atoms with Crippen LogP contribution < -0.4 is 0 Å². The van der Waals surface area contributed by atoms with Crippen molar-refractivity contribution >= 4 is 47.0 Å². The first-order chi connectivity index (χ1) is 11.1. The molecule has 0 aromatic carbocycles. The van der Waals surface area contributed by atoms with E-state index in [9.17, 15) is 19.2 Å². The third-order valence-corrected chi connectivity index (χ3v) is 4.39. The van der Waals surface area contributed by atoms with Crippen LogP contribution in [0.5, 0.6) is 0 Å². The fourth-order valence-electron chi connectivity index (χ4n) is 1.84. The molecule has 24 heavy (non-hydrogen) atoms. The van der Waals surface area contributed by atoms with Crippen LogP contribution in [0.4, 0.5) is 0 Å². The predicted octanol–water partition coefficient (Wildman–Crippen LogP) is 2.84. The summed E-state index contributed by atoms with van der Waals surface area (Å²) in [4.78, 5) is 42.5. The number of carbonyl (C=O) groups excluding carboxylic acids is 2. The van der Waals surface area contributed by atoms with E-state index in [0.29, 0.717) is 12.8 Å². The smallest absolute Gasteiger partial charge is 0.306 e. The largest absolute Gasteiger partial charge is 0.481 e. The third kappa shape index (κ3) is 15.9. The lowest BCUT2D eigenvalue weighted by atomic mass is 10.0. The zero-order valence-electron chi connectivity index (χ0n) is 14.7. The maximum Gasteiger partial charge on any atom is 0.306 e. The van der Waals surface area contributed by atoms with Crippen molar-refractivity contribution in [3.05, 3.63) is 0 Å². The fraction of sp³-hybridized carbons (Fsp3) is 0.750. The molecule has 0 spiro atoms. The molecule has 0 amide bonds. The molecule has 0 heterocycles. The van der Waals surface area contributed by atoms with Crippen LogP contribution in [-0.2, 0) is 19.2 Å². The molecule has 0 radical (unpaired) electrons. The average molecular weight is 381 g/mol. The summed E-state index contributed by atoms with van der Waals surface area (Å²) in [5.41, 5.74) is 0. The van der Waals surface area contributed by atoms with Gasteiger partial charge in [0.05, 0.1) is 11.8 Å². The number of Topliss-reactive ketones (excluding diaryl/α,β-unsaturated/α-hetero) is 2. The second-order valence-electron chi connectivity index (χ2n) is 5.45. The number of ketones is 2. The Bertz CT molecular complexity index is 373. The van der Waals surface area contributed by atoms with Gasteiger partial charge in [-0.2, -0.15) is 23.5 Å². The van der Waals surface area contributed by atoms with Gasteiger partial charge in [0.2, 0.25) is 0 Å². The van der Waals surface area contributed by atoms with Crippen molar-refractivity contribution < 1.29 is 29.4 Å². The molecule has 0 aliphatic heterocycles. The maximum atomic E-state index is 10.7. The first kappa shape index (κ1) is 25.2. The lowest BCUT2D eigenvalue weighted by Crippen LogP contribution is -2.17. The molecule has 6 nitrogen and oxygen atoms in total. The molecule has 0 aliphatic carbocycles. The quantitative estimate of drug-likeness (QED) is 0.532. The SMILES string of the molecule is CSCC[C@@H](CC(C)=O)C(=O)O.CSCC[C@H](CC(C)=O)C(=O)O. The lowest BCUT2D eigenvalue weighted by molar-refractivity contribution is -0.144. The minimum atomic E-state index is -0.862. The van der Waals surface area contributed by atoms with E-state index in [1.165, 1.54) is 13.8 Å². The van der Waals surface area contributed by atoms with Crippen LogP contribution in [0.15, 0.2) is 0 Å². The Hall–Kier alpha value is -1.02. The summed E-state index contributed by atoms with van der Waals surface area (Å²) in [7, 11) is 0. The third-order valence-electron chi connectivity index (χ3n) is 3.11. The van der Waals surface area contributed by atoms with Gasteiger partial charge in [0.25, 0.3) is 0 Å². The molecular formula is C16H28O6S2. The first-order valence-corrected chi connectivity index (χ1v) is 10.4. The van der Waals surface area contributed by atoms with Gasteiger partial charge in [-0.15, -0.1) is 0 Å². The second-order valence-corrected chi connectivity index (χ2v) is 7.42. The van der Waals surface area contributed by atoms with E-state index in [-0.39, 0.29) is 24.4 Å². The molecule has 2 N–H and O–H groups in total. The van der Waals surface area contributed by atoms with Gasteiger partial charge in [0.1, 0.15) is 11.6 Å². The predicted molar refractivity (Wildman–Crippen MR) is 98.8 cm³/mol. The molecule has 0 unspecified atom stereocenters. The standard InChI is InChI=1S/2C8H14O3S/c2*1-6(9)5-7(8(10)11)3-4-12-2/h2*7H,3-5H2,1-2H3,(H,10,11)/t2*7-/m10/s1. The van der Waals surface area contributed by atoms with Crippen molar-refractivity contribution in [2.75, 3.05) is 24.0 Å². The highest BCUT2D eigenvalue weighted by molar-refractivity contribution is 7.98. The average Bonchev–Trinajstić information content (AvgIpc) is 2.47. The van der Waals surface area contributed by atoms with Crippen molar-refractivity contribution in [2.45, 2.75) is 39.5 Å². The minimum absolute atomic E-state index is 0.0523. The summed E-state index contributed by atoms with van der Waals surface area (Å²) in [6.45, 7) is 2.85. The summed E-state index contributed by atoms with van der Waals surface area (Å²) >= 11 is 3.20. The molecule has 140 valence electrons. The Morgan fingerprint density at radius 2 is 1.04 bits per heavy atom. The van der Waals surface area contributed by atoms with Crippen molar-refractivity contribution in [1.82, 2.24) is 0 Å². The Labute approximate surface area is 152 Å². The van der Waals surface area contributed by atoms with Gasteiger partial charge in [-0.25, -0.2) is 0 Å². The van der Waals surface area contributed by atoms with Gasteiger partial charge >= 0.3 is 11.9 Å². The van der Waals surface area contributed by atoms with Crippen LogP contribution in [0, 0.1) is 11.8 Å². The van der Waals surface area contributed by atoms with Gasteiger partial charge < -0.3 is 19.8 Å². The fourth-order valence-corrected chi connectivity index (χ4v) is 2.88. The molecule has 0 bridgehead atoms. The van der Waals surface area contributed by atoms with Crippen LogP contribution in [-0.4, -0.2) is 57.7 Å². The zero-order chi connectivity index (χ0) is 19.1. The summed E-state index contributed by atoms with van der Waals surface area (Å²) < 4.78 is 0. The summed E-state index contributed by atoms with van der Waals surface area (Å²) in [6.07, 6.45) is 5.33. The highest BCUT2D eigenvalue weighted by atomic mass is 32.2. The first-order valence-electron chi connectivity index (χ1n) is 7.58. The van der Waals surface area contributed by atoms with E-state index in [1.807, 2.05) is 12.5 Å². The molecule has 0 saturated heterocycles. The molecular weight excluding hydrogens is 352 g/mol. The van der Waals surface area contributed by atoms with Crippen molar-refractivity contribution in [1.29, 1.82) is 0 Å². The number of hydrogen-bond donors (Lipinski definition) is 2. The number of thioether (sulfide) groups is 2. The van der Waals surface area contributed by atoms with Crippen molar-refractivity contribution in [3.63, 3.8) is 0 Å².